The highest BCUT2D eigenvalue weighted by atomic mass is 32.1. The molecular weight excluding hydrogens is 178 g/mol. The van der Waals surface area contributed by atoms with Crippen molar-refractivity contribution in [3.05, 3.63) is 35.4 Å². The van der Waals surface area contributed by atoms with Gasteiger partial charge in [-0.05, 0) is 25.3 Å². The maximum absolute atomic E-state index is 5.75. The van der Waals surface area contributed by atoms with E-state index in [1.165, 1.54) is 11.1 Å². The second kappa shape index (κ2) is 2.81. The molecule has 1 aromatic carbocycles. The van der Waals surface area contributed by atoms with Crippen LogP contribution in [0.4, 0.5) is 0 Å². The average Bonchev–Trinajstić information content (AvgIpc) is 2.83. The van der Waals surface area contributed by atoms with Gasteiger partial charge in [-0.1, -0.05) is 42.0 Å². The van der Waals surface area contributed by atoms with Crippen molar-refractivity contribution in [1.29, 1.82) is 0 Å². The molecule has 68 valence electrons. The molecule has 0 heterocycles. The molecule has 0 aromatic heterocycles. The Kier molecular flexibility index (Phi) is 1.88. The first-order chi connectivity index (χ1) is 6.15. The van der Waals surface area contributed by atoms with Gasteiger partial charge >= 0.3 is 0 Å². The van der Waals surface area contributed by atoms with E-state index in [9.17, 15) is 0 Å². The van der Waals surface area contributed by atoms with Gasteiger partial charge in [-0.15, -0.1) is 0 Å². The smallest absolute Gasteiger partial charge is 0.0834 e. The first-order valence-electron chi connectivity index (χ1n) is 4.52. The van der Waals surface area contributed by atoms with Crippen LogP contribution in [-0.4, -0.2) is 4.99 Å². The van der Waals surface area contributed by atoms with Gasteiger partial charge in [0, 0.05) is 5.41 Å². The fraction of sp³-hybridized carbons (Fsp3) is 0.364. The van der Waals surface area contributed by atoms with E-state index in [0.717, 1.165) is 12.8 Å². The van der Waals surface area contributed by atoms with E-state index in [1.807, 2.05) is 0 Å². The van der Waals surface area contributed by atoms with Crippen LogP contribution < -0.4 is 5.73 Å². The summed E-state index contributed by atoms with van der Waals surface area (Å²) >= 11 is 5.10. The SMILES string of the molecule is Cc1cccc(C2(C(N)=S)CC2)c1. The lowest BCUT2D eigenvalue weighted by molar-refractivity contribution is 0.952. The van der Waals surface area contributed by atoms with Crippen LogP contribution in [0.3, 0.4) is 0 Å². The number of hydrogen-bond donors (Lipinski definition) is 1. The van der Waals surface area contributed by atoms with E-state index in [-0.39, 0.29) is 5.41 Å². The van der Waals surface area contributed by atoms with Gasteiger partial charge in [0.05, 0.1) is 4.99 Å². The second-order valence-corrected chi connectivity index (χ2v) is 4.26. The van der Waals surface area contributed by atoms with Crippen LogP contribution in [0.1, 0.15) is 24.0 Å². The molecule has 2 heteroatoms. The zero-order valence-corrected chi connectivity index (χ0v) is 8.53. The number of nitrogens with two attached hydrogens (primary N) is 1. The van der Waals surface area contributed by atoms with E-state index in [0.29, 0.717) is 4.99 Å². The highest BCUT2D eigenvalue weighted by Gasteiger charge is 2.47. The van der Waals surface area contributed by atoms with Gasteiger partial charge in [-0.25, -0.2) is 0 Å². The van der Waals surface area contributed by atoms with Crippen LogP contribution in [0.25, 0.3) is 0 Å². The first kappa shape index (κ1) is 8.70. The van der Waals surface area contributed by atoms with Gasteiger partial charge in [0.25, 0.3) is 0 Å². The van der Waals surface area contributed by atoms with Gasteiger partial charge in [0.1, 0.15) is 0 Å². The quantitative estimate of drug-likeness (QED) is 0.726. The monoisotopic (exact) mass is 191 g/mol. The molecule has 0 aliphatic heterocycles. The number of hydrogen-bond acceptors (Lipinski definition) is 1. The van der Waals surface area contributed by atoms with Crippen molar-refractivity contribution in [3.63, 3.8) is 0 Å². The third-order valence-electron chi connectivity index (χ3n) is 2.79. The largest absolute Gasteiger partial charge is 0.393 e. The van der Waals surface area contributed by atoms with Gasteiger partial charge in [-0.3, -0.25) is 0 Å². The third kappa shape index (κ3) is 1.35. The molecule has 0 bridgehead atoms. The minimum atomic E-state index is 0.0430. The van der Waals surface area contributed by atoms with Crippen LogP contribution in [0.5, 0.6) is 0 Å². The standard InChI is InChI=1S/C11H13NS/c1-8-3-2-4-9(7-8)11(5-6-11)10(12)13/h2-4,7H,5-6H2,1H3,(H2,12,13). The molecule has 1 nitrogen and oxygen atoms in total. The van der Waals surface area contributed by atoms with Gasteiger partial charge < -0.3 is 5.73 Å². The minimum absolute atomic E-state index is 0.0430. The lowest BCUT2D eigenvalue weighted by Crippen LogP contribution is -2.26. The lowest BCUT2D eigenvalue weighted by atomic mass is 9.95. The van der Waals surface area contributed by atoms with Crippen molar-refractivity contribution in [2.24, 2.45) is 5.73 Å². The van der Waals surface area contributed by atoms with E-state index in [4.69, 9.17) is 18.0 Å². The van der Waals surface area contributed by atoms with Gasteiger partial charge in [0.15, 0.2) is 0 Å². The molecule has 2 rings (SSSR count). The Balaban J connectivity index is 2.41. The molecule has 2 N–H and O–H groups in total. The molecule has 0 saturated heterocycles. The minimum Gasteiger partial charge on any atom is -0.393 e. The van der Waals surface area contributed by atoms with Crippen molar-refractivity contribution in [2.45, 2.75) is 25.2 Å². The van der Waals surface area contributed by atoms with Crippen molar-refractivity contribution in [1.82, 2.24) is 0 Å². The Morgan fingerprint density at radius 3 is 2.62 bits per heavy atom. The van der Waals surface area contributed by atoms with E-state index < -0.39 is 0 Å². The predicted molar refractivity (Wildman–Crippen MR) is 58.9 cm³/mol. The summed E-state index contributed by atoms with van der Waals surface area (Å²) in [5, 5.41) is 0. The van der Waals surface area contributed by atoms with E-state index in [2.05, 4.69) is 31.2 Å². The zero-order valence-electron chi connectivity index (χ0n) is 7.71. The molecule has 1 aromatic rings. The molecule has 1 fully saturated rings. The molecule has 1 aliphatic rings. The Morgan fingerprint density at radius 2 is 2.15 bits per heavy atom. The number of benzene rings is 1. The molecular formula is C11H13NS. The Hall–Kier alpha value is -0.890. The molecule has 1 aliphatic carbocycles. The van der Waals surface area contributed by atoms with E-state index >= 15 is 0 Å². The summed E-state index contributed by atoms with van der Waals surface area (Å²) in [6.07, 6.45) is 2.23. The van der Waals surface area contributed by atoms with Crippen LogP contribution in [0.15, 0.2) is 24.3 Å². The van der Waals surface area contributed by atoms with Crippen molar-refractivity contribution >= 4 is 17.2 Å². The van der Waals surface area contributed by atoms with Crippen molar-refractivity contribution < 1.29 is 0 Å². The maximum Gasteiger partial charge on any atom is 0.0834 e. The predicted octanol–water partition coefficient (Wildman–Crippen LogP) is 2.31. The summed E-state index contributed by atoms with van der Waals surface area (Å²) in [6.45, 7) is 2.10. The summed E-state index contributed by atoms with van der Waals surface area (Å²) in [4.78, 5) is 0.651. The highest BCUT2D eigenvalue weighted by Crippen LogP contribution is 2.48. The summed E-state index contributed by atoms with van der Waals surface area (Å²) in [5.74, 6) is 0. The number of thiocarbonyl (C=S) groups is 1. The molecule has 13 heavy (non-hydrogen) atoms. The Bertz CT molecular complexity index is 353. The number of aryl methyl sites for hydroxylation is 1. The number of rotatable bonds is 2. The van der Waals surface area contributed by atoms with Crippen LogP contribution >= 0.6 is 12.2 Å². The molecule has 1 saturated carbocycles. The fourth-order valence-electron chi connectivity index (χ4n) is 1.75. The van der Waals surface area contributed by atoms with Gasteiger partial charge in [0.2, 0.25) is 0 Å². The first-order valence-corrected chi connectivity index (χ1v) is 4.93. The van der Waals surface area contributed by atoms with Crippen molar-refractivity contribution in [2.75, 3.05) is 0 Å². The molecule has 0 spiro atoms. The molecule has 0 unspecified atom stereocenters. The Morgan fingerprint density at radius 1 is 1.46 bits per heavy atom. The summed E-state index contributed by atoms with van der Waals surface area (Å²) in [6, 6.07) is 8.48. The molecule has 0 atom stereocenters. The lowest BCUT2D eigenvalue weighted by Gasteiger charge is -2.13. The van der Waals surface area contributed by atoms with Crippen LogP contribution in [-0.2, 0) is 5.41 Å². The maximum atomic E-state index is 5.75. The highest BCUT2D eigenvalue weighted by molar-refractivity contribution is 7.80. The van der Waals surface area contributed by atoms with E-state index in [1.54, 1.807) is 0 Å². The topological polar surface area (TPSA) is 26.0 Å². The second-order valence-electron chi connectivity index (χ2n) is 3.82. The normalized spacial score (nSPS) is 18.2. The average molecular weight is 191 g/mol. The summed E-state index contributed by atoms with van der Waals surface area (Å²) in [5.41, 5.74) is 8.36. The molecule has 0 amide bonds. The summed E-state index contributed by atoms with van der Waals surface area (Å²) < 4.78 is 0. The Labute approximate surface area is 83.9 Å². The summed E-state index contributed by atoms with van der Waals surface area (Å²) in [7, 11) is 0. The molecule has 0 radical (unpaired) electrons. The third-order valence-corrected chi connectivity index (χ3v) is 3.18. The zero-order chi connectivity index (χ0) is 9.47. The fourth-order valence-corrected chi connectivity index (χ4v) is 2.07. The van der Waals surface area contributed by atoms with Crippen LogP contribution in [0.2, 0.25) is 0 Å². The van der Waals surface area contributed by atoms with Gasteiger partial charge in [-0.2, -0.15) is 0 Å². The van der Waals surface area contributed by atoms with Crippen molar-refractivity contribution in [3.8, 4) is 0 Å². The van der Waals surface area contributed by atoms with Crippen LogP contribution in [0, 0.1) is 6.92 Å².